The molecule has 0 bridgehead atoms. The minimum atomic E-state index is -0.394. The average molecular weight is 2780 g/mol. The van der Waals surface area contributed by atoms with Crippen LogP contribution in [0.25, 0.3) is 146 Å². The molecule has 145 heavy (non-hydrogen) atoms. The maximum absolute atomic E-state index is 10.0. The van der Waals surface area contributed by atoms with Gasteiger partial charge in [0.05, 0.1) is 12.6 Å². The number of aliphatic hydroxyl groups is 1. The maximum Gasteiger partial charge on any atom is 0.155 e. The molecule has 0 aliphatic carbocycles. The first kappa shape index (κ1) is 108. The fourth-order valence-electron chi connectivity index (χ4n) is 14.4. The SMILES string of the molecule is CC(=O)C=C(C)O.Cc1[c-]c(-c2ccc(-c3ccccc3)cn2)cc(C)c1.Cc1cc(-c2[c-]cccc2)ncc1-c1ccccc1.Cc1ccc(-c2ccnc(-c3[c-]cccc3)c2)cc1.Cc1ccc[c-]c1-c1ccccn1.Cc1cccnc1-c1[c-]cccc1.[2H]c1c([2H])c([2H])c(-c2cnc(-c3[c-]cccc3)cc2C)c([2H])c1[2H].[Ir].[Ir].[Ir].[Ir].[Ir].[c-]1ccccc1-c1cc(-c2ccccc2)ccn1.[c-]1ccccc1-c1ccccn1. The van der Waals surface area contributed by atoms with Crippen LogP contribution in [0, 0.1) is 97.0 Å². The predicted molar refractivity (Wildman–Crippen MR) is 575 cm³/mol. The molecule has 21 aromatic rings. The number of nitrogens with zero attached hydrogens (tertiary/aromatic N) is 8. The Labute approximate surface area is 929 Å². The van der Waals surface area contributed by atoms with E-state index in [0.717, 1.165) is 107 Å². The Bertz CT molecular complexity index is 7470. The van der Waals surface area contributed by atoms with Crippen LogP contribution in [-0.2, 0) is 105 Å². The number of aliphatic hydroxyl groups excluding tert-OH is 1. The number of aromatic nitrogens is 8. The molecule has 8 heterocycles. The van der Waals surface area contributed by atoms with E-state index >= 15 is 0 Å². The zero-order valence-corrected chi connectivity index (χ0v) is 93.2. The number of carbonyl (C=O) groups is 1. The van der Waals surface area contributed by atoms with Gasteiger partial charge in [0.2, 0.25) is 0 Å². The number of hydrogen-bond donors (Lipinski definition) is 1. The second-order valence-electron chi connectivity index (χ2n) is 32.2. The zero-order valence-electron chi connectivity index (χ0n) is 86.2. The van der Waals surface area contributed by atoms with Gasteiger partial charge in [-0.1, -0.05) is 244 Å². The van der Waals surface area contributed by atoms with E-state index in [1.54, 1.807) is 24.7 Å². The summed E-state index contributed by atoms with van der Waals surface area (Å²) >= 11 is 0. The molecule has 0 spiro atoms. The molecule has 0 unspecified atom stereocenters. The van der Waals surface area contributed by atoms with Crippen molar-refractivity contribution in [3.8, 4) is 146 Å². The van der Waals surface area contributed by atoms with E-state index in [-0.39, 0.29) is 142 Å². The van der Waals surface area contributed by atoms with Gasteiger partial charge in [0.25, 0.3) is 0 Å². The minimum Gasteiger partial charge on any atom is -0.512 e. The Morgan fingerprint density at radius 1 is 0.269 bits per heavy atom. The number of ketones is 1. The van der Waals surface area contributed by atoms with Crippen LogP contribution in [0.3, 0.4) is 0 Å². The Kier molecular flexibility index (Phi) is 46.7. The molecular formula is C130H106Ir5N8O2-8. The van der Waals surface area contributed by atoms with Crippen LogP contribution in [0.15, 0.2) is 480 Å². The average Bonchev–Trinajstić information content (AvgIpc) is 0.766. The van der Waals surface area contributed by atoms with E-state index in [2.05, 4.69) is 245 Å². The molecule has 1 N–H and O–H groups in total. The Morgan fingerprint density at radius 3 is 1.06 bits per heavy atom. The van der Waals surface area contributed by atoms with Crippen LogP contribution in [0.4, 0.5) is 0 Å². The summed E-state index contributed by atoms with van der Waals surface area (Å²) in [6.07, 6.45) is 15.7. The van der Waals surface area contributed by atoms with Crippen LogP contribution in [0.2, 0.25) is 0 Å². The molecule has 21 rings (SSSR count). The third-order valence-corrected chi connectivity index (χ3v) is 21.3. The third kappa shape index (κ3) is 37.3. The fraction of sp³-hybridized carbons (Fsp3) is 0.0692. The van der Waals surface area contributed by atoms with Crippen LogP contribution in [-0.4, -0.2) is 50.8 Å². The number of pyridine rings is 8. The molecule has 0 saturated carbocycles. The van der Waals surface area contributed by atoms with Gasteiger partial charge in [-0.3, -0.25) is 4.79 Å². The molecule has 5 radical (unpaired) electrons. The third-order valence-electron chi connectivity index (χ3n) is 21.3. The summed E-state index contributed by atoms with van der Waals surface area (Å²) in [5, 5.41) is 8.36. The van der Waals surface area contributed by atoms with E-state index in [1.807, 2.05) is 305 Å². The monoisotopic (exact) mass is 2780 g/mol. The van der Waals surface area contributed by atoms with Crippen molar-refractivity contribution in [2.24, 2.45) is 0 Å². The van der Waals surface area contributed by atoms with Gasteiger partial charge in [-0.15, -0.1) is 286 Å². The van der Waals surface area contributed by atoms with Crippen molar-refractivity contribution in [3.63, 3.8) is 0 Å². The van der Waals surface area contributed by atoms with Gasteiger partial charge < -0.3 is 45.0 Å². The quantitative estimate of drug-likeness (QED) is 0.0635. The van der Waals surface area contributed by atoms with Gasteiger partial charge in [-0.25, -0.2) is 0 Å². The first-order chi connectivity index (χ1) is 70.6. The summed E-state index contributed by atoms with van der Waals surface area (Å²) < 4.78 is 39.4. The van der Waals surface area contributed by atoms with Crippen molar-refractivity contribution < 1.29 is 117 Å². The Morgan fingerprint density at radius 2 is 0.648 bits per heavy atom. The van der Waals surface area contributed by atoms with Crippen molar-refractivity contribution in [2.45, 2.75) is 62.3 Å². The predicted octanol–water partition coefficient (Wildman–Crippen LogP) is 31.9. The molecule has 15 heteroatoms. The smallest absolute Gasteiger partial charge is 0.155 e. The fourth-order valence-corrected chi connectivity index (χ4v) is 14.4. The number of benzene rings is 13. The number of carbonyl (C=O) groups excluding carboxylic acids is 1. The largest absolute Gasteiger partial charge is 0.512 e. The van der Waals surface area contributed by atoms with E-state index in [4.69, 9.17) is 12.0 Å². The van der Waals surface area contributed by atoms with Crippen molar-refractivity contribution in [2.75, 3.05) is 0 Å². The van der Waals surface area contributed by atoms with Gasteiger partial charge in [0.15, 0.2) is 5.78 Å². The zero-order chi connectivity index (χ0) is 102. The molecule has 10 nitrogen and oxygen atoms in total. The molecule has 8 aromatic heterocycles. The second kappa shape index (κ2) is 62.8. The van der Waals surface area contributed by atoms with Gasteiger partial charge in [0.1, 0.15) is 0 Å². The van der Waals surface area contributed by atoms with Crippen molar-refractivity contribution in [1.29, 1.82) is 0 Å². The van der Waals surface area contributed by atoms with Crippen molar-refractivity contribution in [3.05, 3.63) is 567 Å². The molecule has 0 aliphatic rings. The summed E-state index contributed by atoms with van der Waals surface area (Å²) in [4.78, 5) is 45.2. The standard InChI is InChI=1S/C19H16N.3C18H14N.C17H12N.2C12H10N.C11H8N.C5H8O2.5Ir/c1-14-10-15(2)12-18(11-14)19-9-8-17(13-20-19)16-6-4-3-5-7-16;2*1-14-12-18(16-10-6-3-7-11-16)19-13-17(14)15-8-4-2-5-9-15;1-14-7-9-15(10-8-14)17-11-12-19-18(13-17)16-5-3-2-4-6-16;1-3-7-14(8-4-1)16-11-12-18-17(13-16)15-9-5-2-6-10-15;1-10-6-2-3-7-11(10)12-8-4-5-9-13-12;1-10-6-5-9-13-12(10)11-7-3-2-4-8-11;1-2-6-10(7-3-1)11-8-4-5-9-12-11;1-4(6)3-5(2)7;;;;;/h3-11,13H,1-2H3;2*2-10,12-13H,1H3;2-5,7-13H,1H3;1-9,11-13H;2-6,8-9H,1H3;2-7,9H,1H3;1-6,8-9H;3,6H,1-2H3;;;;;/q8*-1;;;;;;/i;2D,4D,5D,8D,9D;;;;;;;;;;;;. The molecule has 0 aliphatic heterocycles. The summed E-state index contributed by atoms with van der Waals surface area (Å²) in [5.74, 6) is -0.0625. The number of hydrogen-bond acceptors (Lipinski definition) is 10. The van der Waals surface area contributed by atoms with Gasteiger partial charge in [0, 0.05) is 167 Å². The summed E-state index contributed by atoms with van der Waals surface area (Å²) in [6.45, 7) is 17.2. The van der Waals surface area contributed by atoms with Gasteiger partial charge in [-0.05, 0) is 173 Å². The normalized spacial score (nSPS) is 10.4. The van der Waals surface area contributed by atoms with Crippen LogP contribution in [0.1, 0.15) is 59.6 Å². The van der Waals surface area contributed by atoms with E-state index in [9.17, 15) is 4.79 Å². The van der Waals surface area contributed by atoms with E-state index < -0.39 is 6.04 Å². The van der Waals surface area contributed by atoms with Crippen LogP contribution < -0.4 is 0 Å². The Balaban J connectivity index is 0.000000207. The van der Waals surface area contributed by atoms with Crippen molar-refractivity contribution in [1.82, 2.24) is 39.9 Å². The van der Waals surface area contributed by atoms with Gasteiger partial charge >= 0.3 is 0 Å². The van der Waals surface area contributed by atoms with E-state index in [1.165, 1.54) is 86.7 Å². The summed E-state index contributed by atoms with van der Waals surface area (Å²) in [5.41, 5.74) is 34.0. The first-order valence-corrected chi connectivity index (χ1v) is 45.6. The molecule has 0 saturated heterocycles. The number of allylic oxidation sites excluding steroid dienone is 2. The maximum atomic E-state index is 10.0. The number of rotatable bonds is 14. The molecular weight excluding hydrogens is 2670 g/mol. The summed E-state index contributed by atoms with van der Waals surface area (Å²) in [6, 6.07) is 153. The summed E-state index contributed by atoms with van der Waals surface area (Å²) in [7, 11) is 0. The van der Waals surface area contributed by atoms with Crippen LogP contribution in [0.5, 0.6) is 0 Å². The number of aryl methyl sites for hydroxylation is 7. The van der Waals surface area contributed by atoms with Crippen molar-refractivity contribution >= 4 is 5.78 Å². The second-order valence-corrected chi connectivity index (χ2v) is 32.2. The minimum absolute atomic E-state index is 0. The van der Waals surface area contributed by atoms with Gasteiger partial charge in [-0.2, -0.15) is 0 Å². The first-order valence-electron chi connectivity index (χ1n) is 48.1. The molecule has 0 fully saturated rings. The van der Waals surface area contributed by atoms with Crippen LogP contribution >= 0.6 is 0 Å². The molecule has 731 valence electrons. The molecule has 0 atom stereocenters. The van der Waals surface area contributed by atoms with E-state index in [0.29, 0.717) is 5.56 Å². The topological polar surface area (TPSA) is 140 Å². The Hall–Kier alpha value is -14.5. The molecule has 0 amide bonds. The molecule has 13 aromatic carbocycles.